The third-order valence-electron chi connectivity index (χ3n) is 2.92. The van der Waals surface area contributed by atoms with Gasteiger partial charge in [0.15, 0.2) is 0 Å². The van der Waals surface area contributed by atoms with Gasteiger partial charge in [-0.3, -0.25) is 14.9 Å². The summed E-state index contributed by atoms with van der Waals surface area (Å²) in [7, 11) is 1.61. The lowest BCUT2D eigenvalue weighted by atomic mass is 10.1. The Balaban J connectivity index is 2.73. The van der Waals surface area contributed by atoms with E-state index in [1.54, 1.807) is 37.0 Å². The van der Waals surface area contributed by atoms with Gasteiger partial charge in [0.2, 0.25) is 5.91 Å². The van der Waals surface area contributed by atoms with Crippen molar-refractivity contribution in [1.29, 1.82) is 0 Å². The third kappa shape index (κ3) is 4.50. The lowest BCUT2D eigenvalue weighted by Crippen LogP contribution is -2.41. The largest absolute Gasteiger partial charge is 0.340 e. The molecule has 0 unspecified atom stereocenters. The lowest BCUT2D eigenvalue weighted by molar-refractivity contribution is -0.385. The molecule has 0 aromatic heterocycles. The first kappa shape index (κ1) is 16.5. The predicted octanol–water partition coefficient (Wildman–Crippen LogP) is 1.63. The highest BCUT2D eigenvalue weighted by atomic mass is 32.2. The molecule has 1 amide bonds. The van der Waals surface area contributed by atoms with Crippen LogP contribution in [0.4, 0.5) is 5.69 Å². The van der Waals surface area contributed by atoms with Crippen LogP contribution in [0, 0.1) is 10.1 Å². The standard InChI is InChI=1S/C13H19N3O3S/c1-15(13(17)11(14)7-8-20-2)9-10-5-3-4-6-12(10)16(18)19/h3-6,11H,7-9,14H2,1-2H3/t11-/m1/s1. The van der Waals surface area contributed by atoms with Crippen molar-refractivity contribution in [2.45, 2.75) is 19.0 Å². The predicted molar refractivity (Wildman–Crippen MR) is 80.5 cm³/mol. The summed E-state index contributed by atoms with van der Waals surface area (Å²) in [4.78, 5) is 24.0. The van der Waals surface area contributed by atoms with E-state index < -0.39 is 11.0 Å². The number of para-hydroxylation sites is 1. The van der Waals surface area contributed by atoms with Gasteiger partial charge in [0.05, 0.1) is 17.5 Å². The van der Waals surface area contributed by atoms with Crippen LogP contribution in [0.1, 0.15) is 12.0 Å². The summed E-state index contributed by atoms with van der Waals surface area (Å²) in [6.45, 7) is 0.183. The van der Waals surface area contributed by atoms with Crippen molar-refractivity contribution in [3.63, 3.8) is 0 Å². The second-order valence-corrected chi connectivity index (χ2v) is 5.45. The van der Waals surface area contributed by atoms with Gasteiger partial charge < -0.3 is 10.6 Å². The number of nitro benzene ring substituents is 1. The number of thioether (sulfide) groups is 1. The van der Waals surface area contributed by atoms with Crippen molar-refractivity contribution in [1.82, 2.24) is 4.90 Å². The fourth-order valence-electron chi connectivity index (χ4n) is 1.81. The van der Waals surface area contributed by atoms with Gasteiger partial charge in [0, 0.05) is 18.7 Å². The molecule has 7 heteroatoms. The molecule has 0 saturated heterocycles. The van der Waals surface area contributed by atoms with Crippen molar-refractivity contribution in [2.24, 2.45) is 5.73 Å². The summed E-state index contributed by atoms with van der Waals surface area (Å²) in [5.74, 6) is 0.615. The van der Waals surface area contributed by atoms with Crippen LogP contribution in [-0.4, -0.2) is 40.8 Å². The van der Waals surface area contributed by atoms with E-state index in [2.05, 4.69) is 0 Å². The van der Waals surface area contributed by atoms with Crippen molar-refractivity contribution in [2.75, 3.05) is 19.1 Å². The van der Waals surface area contributed by atoms with E-state index >= 15 is 0 Å². The van der Waals surface area contributed by atoms with Crippen LogP contribution in [0.2, 0.25) is 0 Å². The van der Waals surface area contributed by atoms with Gasteiger partial charge in [0.1, 0.15) is 0 Å². The van der Waals surface area contributed by atoms with Gasteiger partial charge in [-0.15, -0.1) is 0 Å². The number of nitrogens with two attached hydrogens (primary N) is 1. The van der Waals surface area contributed by atoms with Crippen LogP contribution in [0.5, 0.6) is 0 Å². The summed E-state index contributed by atoms with van der Waals surface area (Å²) in [6, 6.07) is 5.84. The highest BCUT2D eigenvalue weighted by Crippen LogP contribution is 2.19. The van der Waals surface area contributed by atoms with Crippen LogP contribution < -0.4 is 5.73 Å². The molecule has 0 aliphatic carbocycles. The number of benzene rings is 1. The molecule has 2 N–H and O–H groups in total. The number of likely N-dealkylation sites (N-methyl/N-ethyl adjacent to an activating group) is 1. The maximum atomic E-state index is 12.1. The van der Waals surface area contributed by atoms with Crippen molar-refractivity contribution in [3.8, 4) is 0 Å². The summed E-state index contributed by atoms with van der Waals surface area (Å²) in [5.41, 5.74) is 6.34. The molecule has 20 heavy (non-hydrogen) atoms. The van der Waals surface area contributed by atoms with E-state index in [0.717, 1.165) is 5.75 Å². The van der Waals surface area contributed by atoms with Gasteiger partial charge in [-0.25, -0.2) is 0 Å². The molecule has 0 fully saturated rings. The van der Waals surface area contributed by atoms with E-state index in [0.29, 0.717) is 12.0 Å². The highest BCUT2D eigenvalue weighted by Gasteiger charge is 2.20. The molecule has 110 valence electrons. The molecule has 0 aliphatic heterocycles. The molecule has 1 rings (SSSR count). The molecule has 1 atom stereocenters. The Morgan fingerprint density at radius 1 is 1.50 bits per heavy atom. The minimum absolute atomic E-state index is 0.0184. The second kappa shape index (κ2) is 7.86. The number of carbonyl (C=O) groups excluding carboxylic acids is 1. The zero-order valence-corrected chi connectivity index (χ0v) is 12.4. The maximum Gasteiger partial charge on any atom is 0.274 e. The first-order chi connectivity index (χ1) is 9.47. The maximum absolute atomic E-state index is 12.1. The quantitative estimate of drug-likeness (QED) is 0.610. The molecule has 0 spiro atoms. The smallest absolute Gasteiger partial charge is 0.274 e. The molecular formula is C13H19N3O3S. The zero-order chi connectivity index (χ0) is 15.1. The average Bonchev–Trinajstić information content (AvgIpc) is 2.44. The average molecular weight is 297 g/mol. The van der Waals surface area contributed by atoms with Crippen molar-refractivity contribution in [3.05, 3.63) is 39.9 Å². The minimum Gasteiger partial charge on any atom is -0.340 e. The number of hydrogen-bond acceptors (Lipinski definition) is 5. The number of amides is 1. The lowest BCUT2D eigenvalue weighted by Gasteiger charge is -2.21. The Labute approximate surface area is 122 Å². The minimum atomic E-state index is -0.560. The Morgan fingerprint density at radius 3 is 2.75 bits per heavy atom. The molecule has 1 aromatic carbocycles. The first-order valence-electron chi connectivity index (χ1n) is 6.19. The molecule has 0 bridgehead atoms. The van der Waals surface area contributed by atoms with E-state index in [1.165, 1.54) is 11.0 Å². The van der Waals surface area contributed by atoms with E-state index in [4.69, 9.17) is 5.73 Å². The van der Waals surface area contributed by atoms with E-state index in [1.807, 2.05) is 6.26 Å². The van der Waals surface area contributed by atoms with Crippen molar-refractivity contribution < 1.29 is 9.72 Å². The van der Waals surface area contributed by atoms with Crippen molar-refractivity contribution >= 4 is 23.4 Å². The summed E-state index contributed by atoms with van der Waals surface area (Å²) < 4.78 is 0. The van der Waals surface area contributed by atoms with E-state index in [9.17, 15) is 14.9 Å². The Morgan fingerprint density at radius 2 is 2.15 bits per heavy atom. The van der Waals surface area contributed by atoms with Crippen LogP contribution >= 0.6 is 11.8 Å². The fraction of sp³-hybridized carbons (Fsp3) is 0.462. The van der Waals surface area contributed by atoms with Crippen LogP contribution in [0.15, 0.2) is 24.3 Å². The molecule has 0 radical (unpaired) electrons. The molecule has 0 saturated carbocycles. The van der Waals surface area contributed by atoms with Crippen LogP contribution in [0.25, 0.3) is 0 Å². The highest BCUT2D eigenvalue weighted by molar-refractivity contribution is 7.98. The monoisotopic (exact) mass is 297 g/mol. The van der Waals surface area contributed by atoms with Gasteiger partial charge in [0.25, 0.3) is 5.69 Å². The summed E-state index contributed by atoms with van der Waals surface area (Å²) >= 11 is 1.63. The third-order valence-corrected chi connectivity index (χ3v) is 3.57. The normalized spacial score (nSPS) is 11.9. The SMILES string of the molecule is CSCC[C@@H](N)C(=O)N(C)Cc1ccccc1[N+](=O)[O-]. The Kier molecular flexibility index (Phi) is 6.47. The first-order valence-corrected chi connectivity index (χ1v) is 7.58. The number of nitrogens with zero attached hydrogens (tertiary/aromatic N) is 2. The molecule has 1 aromatic rings. The number of nitro groups is 1. The fourth-order valence-corrected chi connectivity index (χ4v) is 2.30. The Hall–Kier alpha value is -1.60. The number of carbonyl (C=O) groups is 1. The summed E-state index contributed by atoms with van der Waals surface area (Å²) in [5, 5.41) is 10.9. The molecular weight excluding hydrogens is 278 g/mol. The molecule has 6 nitrogen and oxygen atoms in total. The summed E-state index contributed by atoms with van der Waals surface area (Å²) in [6.07, 6.45) is 2.55. The molecule has 0 aliphatic rings. The Bertz CT molecular complexity index is 482. The number of hydrogen-bond donors (Lipinski definition) is 1. The zero-order valence-electron chi connectivity index (χ0n) is 11.6. The van der Waals surface area contributed by atoms with E-state index in [-0.39, 0.29) is 18.1 Å². The van der Waals surface area contributed by atoms with Crippen LogP contribution in [-0.2, 0) is 11.3 Å². The van der Waals surface area contributed by atoms with Gasteiger partial charge in [-0.05, 0) is 18.4 Å². The number of rotatable bonds is 7. The molecule has 0 heterocycles. The van der Waals surface area contributed by atoms with Gasteiger partial charge in [-0.2, -0.15) is 11.8 Å². The van der Waals surface area contributed by atoms with Gasteiger partial charge in [-0.1, -0.05) is 18.2 Å². The topological polar surface area (TPSA) is 89.5 Å². The van der Waals surface area contributed by atoms with Crippen LogP contribution in [0.3, 0.4) is 0 Å². The second-order valence-electron chi connectivity index (χ2n) is 4.47. The van der Waals surface area contributed by atoms with Gasteiger partial charge >= 0.3 is 0 Å².